The maximum atomic E-state index is 12.2. The topological polar surface area (TPSA) is 114 Å². The van der Waals surface area contributed by atoms with Gasteiger partial charge in [0, 0.05) is 34.8 Å². The minimum atomic E-state index is -0.939. The molecule has 3 rings (SSSR count). The molecule has 0 spiro atoms. The molecule has 144 valence electrons. The summed E-state index contributed by atoms with van der Waals surface area (Å²) in [5.41, 5.74) is 8.04. The first-order valence-corrected chi connectivity index (χ1v) is 8.89. The minimum Gasteiger partial charge on any atom is -0.453 e. The van der Waals surface area contributed by atoms with E-state index >= 15 is 0 Å². The molecule has 0 aliphatic rings. The number of nitrogens with two attached hydrogens (primary N) is 1. The lowest BCUT2D eigenvalue weighted by Crippen LogP contribution is -2.30. The van der Waals surface area contributed by atoms with Crippen LogP contribution >= 0.6 is 0 Å². The fourth-order valence-corrected chi connectivity index (χ4v) is 2.85. The van der Waals surface area contributed by atoms with Gasteiger partial charge in [-0.05, 0) is 49.2 Å². The molecule has 1 heterocycles. The number of anilines is 1. The number of hydrogen-bond donors (Lipinski definition) is 3. The Hall–Kier alpha value is -3.61. The van der Waals surface area contributed by atoms with E-state index in [0.717, 1.165) is 16.5 Å². The van der Waals surface area contributed by atoms with Crippen molar-refractivity contribution in [1.82, 2.24) is 4.98 Å². The van der Waals surface area contributed by atoms with E-state index in [1.165, 1.54) is 19.1 Å². The molecule has 1 unspecified atom stereocenters. The van der Waals surface area contributed by atoms with Crippen LogP contribution in [0.15, 0.2) is 54.7 Å². The van der Waals surface area contributed by atoms with Crippen LogP contribution in [0.4, 0.5) is 5.69 Å². The number of ether oxygens (including phenoxy) is 1. The standard InChI is InChI=1S/C21H21N3O4/c1-13(21(27)24-16-9-6-14(7-10-16)20(22)26)28-19(25)11-8-15-12-23-18-5-3-2-4-17(15)18/h2-7,9-10,12-13,23H,8,11H2,1H3,(H2,22,26)(H,24,27). The average molecular weight is 379 g/mol. The summed E-state index contributed by atoms with van der Waals surface area (Å²) in [6.07, 6.45) is 1.63. The molecule has 0 saturated carbocycles. The van der Waals surface area contributed by atoms with Crippen molar-refractivity contribution in [2.75, 3.05) is 5.32 Å². The van der Waals surface area contributed by atoms with E-state index in [9.17, 15) is 14.4 Å². The fourth-order valence-electron chi connectivity index (χ4n) is 2.85. The van der Waals surface area contributed by atoms with Gasteiger partial charge in [-0.15, -0.1) is 0 Å². The van der Waals surface area contributed by atoms with E-state index in [2.05, 4.69) is 10.3 Å². The van der Waals surface area contributed by atoms with E-state index in [0.29, 0.717) is 17.7 Å². The number of H-pyrrole nitrogens is 1. The van der Waals surface area contributed by atoms with Crippen molar-refractivity contribution >= 4 is 34.4 Å². The van der Waals surface area contributed by atoms with Crippen LogP contribution in [0.5, 0.6) is 0 Å². The van der Waals surface area contributed by atoms with Crippen LogP contribution in [0, 0.1) is 0 Å². The van der Waals surface area contributed by atoms with E-state index in [1.54, 1.807) is 12.1 Å². The Balaban J connectivity index is 1.50. The number of aromatic amines is 1. The van der Waals surface area contributed by atoms with Gasteiger partial charge in [0.15, 0.2) is 6.10 Å². The molecule has 2 aromatic carbocycles. The number of amides is 2. The Morgan fingerprint density at radius 1 is 1.11 bits per heavy atom. The maximum absolute atomic E-state index is 12.2. The third kappa shape index (κ3) is 4.56. The van der Waals surface area contributed by atoms with Crippen molar-refractivity contribution in [2.24, 2.45) is 5.73 Å². The van der Waals surface area contributed by atoms with E-state index in [-0.39, 0.29) is 6.42 Å². The van der Waals surface area contributed by atoms with Gasteiger partial charge in [-0.1, -0.05) is 18.2 Å². The minimum absolute atomic E-state index is 0.173. The van der Waals surface area contributed by atoms with Crippen molar-refractivity contribution < 1.29 is 19.1 Å². The number of carbonyl (C=O) groups is 3. The summed E-state index contributed by atoms with van der Waals surface area (Å²) in [7, 11) is 0. The van der Waals surface area contributed by atoms with Crippen molar-refractivity contribution in [2.45, 2.75) is 25.9 Å². The van der Waals surface area contributed by atoms with Crippen molar-refractivity contribution in [1.29, 1.82) is 0 Å². The fraction of sp³-hybridized carbons (Fsp3) is 0.190. The molecule has 0 bridgehead atoms. The zero-order valence-electron chi connectivity index (χ0n) is 15.4. The zero-order chi connectivity index (χ0) is 20.1. The summed E-state index contributed by atoms with van der Waals surface area (Å²) >= 11 is 0. The number of carbonyl (C=O) groups excluding carboxylic acids is 3. The molecule has 2 amide bonds. The number of esters is 1. The molecular weight excluding hydrogens is 358 g/mol. The Bertz CT molecular complexity index is 1010. The molecule has 7 heteroatoms. The largest absolute Gasteiger partial charge is 0.453 e. The smallest absolute Gasteiger partial charge is 0.306 e. The third-order valence-electron chi connectivity index (χ3n) is 4.39. The van der Waals surface area contributed by atoms with Gasteiger partial charge in [0.1, 0.15) is 0 Å². The number of para-hydroxylation sites is 1. The second-order valence-corrected chi connectivity index (χ2v) is 6.42. The van der Waals surface area contributed by atoms with Gasteiger partial charge in [-0.2, -0.15) is 0 Å². The number of aryl methyl sites for hydroxylation is 1. The number of nitrogens with one attached hydrogen (secondary N) is 2. The summed E-state index contributed by atoms with van der Waals surface area (Å²) in [6.45, 7) is 1.51. The molecule has 28 heavy (non-hydrogen) atoms. The van der Waals surface area contributed by atoms with E-state index in [4.69, 9.17) is 10.5 Å². The Labute approximate surface area is 161 Å². The van der Waals surface area contributed by atoms with Crippen LogP contribution in [0.1, 0.15) is 29.3 Å². The second-order valence-electron chi connectivity index (χ2n) is 6.42. The van der Waals surface area contributed by atoms with Gasteiger partial charge in [-0.3, -0.25) is 14.4 Å². The number of primary amides is 1. The number of benzene rings is 2. The first kappa shape index (κ1) is 19.2. The highest BCUT2D eigenvalue weighted by molar-refractivity contribution is 5.96. The lowest BCUT2D eigenvalue weighted by atomic mass is 10.1. The quantitative estimate of drug-likeness (QED) is 0.548. The second kappa shape index (κ2) is 8.39. The normalized spacial score (nSPS) is 11.8. The van der Waals surface area contributed by atoms with Crippen molar-refractivity contribution in [3.05, 3.63) is 65.9 Å². The average Bonchev–Trinajstić information content (AvgIpc) is 3.10. The molecule has 3 aromatic rings. The Morgan fingerprint density at radius 3 is 2.54 bits per heavy atom. The Morgan fingerprint density at radius 2 is 1.82 bits per heavy atom. The molecule has 7 nitrogen and oxygen atoms in total. The zero-order valence-corrected chi connectivity index (χ0v) is 15.4. The molecule has 1 atom stereocenters. The van der Waals surface area contributed by atoms with E-state index < -0.39 is 23.9 Å². The predicted molar refractivity (Wildman–Crippen MR) is 106 cm³/mol. The Kier molecular flexibility index (Phi) is 5.74. The highest BCUT2D eigenvalue weighted by Crippen LogP contribution is 2.19. The summed E-state index contributed by atoms with van der Waals surface area (Å²) in [4.78, 5) is 38.5. The lowest BCUT2D eigenvalue weighted by molar-refractivity contribution is -0.153. The number of fused-ring (bicyclic) bond motifs is 1. The third-order valence-corrected chi connectivity index (χ3v) is 4.39. The van der Waals surface area contributed by atoms with Gasteiger partial charge >= 0.3 is 5.97 Å². The molecule has 0 saturated heterocycles. The van der Waals surface area contributed by atoms with E-state index in [1.807, 2.05) is 30.5 Å². The van der Waals surface area contributed by atoms with Gasteiger partial charge in [0.05, 0.1) is 0 Å². The maximum Gasteiger partial charge on any atom is 0.306 e. The van der Waals surface area contributed by atoms with Crippen LogP contribution in [0.3, 0.4) is 0 Å². The number of aromatic nitrogens is 1. The molecular formula is C21H21N3O4. The van der Waals surface area contributed by atoms with Gasteiger partial charge in [0.25, 0.3) is 5.91 Å². The van der Waals surface area contributed by atoms with Crippen molar-refractivity contribution in [3.8, 4) is 0 Å². The SMILES string of the molecule is CC(OC(=O)CCc1c[nH]c2ccccc12)C(=O)Nc1ccc(C(N)=O)cc1. The van der Waals surface area contributed by atoms with Crippen LogP contribution in [-0.2, 0) is 20.7 Å². The molecule has 4 N–H and O–H groups in total. The summed E-state index contributed by atoms with van der Waals surface area (Å²) in [5, 5.41) is 3.70. The highest BCUT2D eigenvalue weighted by atomic mass is 16.5. The molecule has 0 aliphatic heterocycles. The predicted octanol–water partition coefficient (Wildman–Crippen LogP) is 2.77. The van der Waals surface area contributed by atoms with Crippen LogP contribution in [-0.4, -0.2) is 28.9 Å². The molecule has 0 aliphatic carbocycles. The first-order valence-electron chi connectivity index (χ1n) is 8.89. The monoisotopic (exact) mass is 379 g/mol. The molecule has 0 radical (unpaired) electrons. The highest BCUT2D eigenvalue weighted by Gasteiger charge is 2.18. The summed E-state index contributed by atoms with van der Waals surface area (Å²) in [5.74, 6) is -1.44. The van der Waals surface area contributed by atoms with Crippen LogP contribution < -0.4 is 11.1 Å². The van der Waals surface area contributed by atoms with Crippen LogP contribution in [0.2, 0.25) is 0 Å². The molecule has 0 fully saturated rings. The summed E-state index contributed by atoms with van der Waals surface area (Å²) in [6, 6.07) is 14.0. The van der Waals surface area contributed by atoms with Gasteiger partial charge in [0.2, 0.25) is 5.91 Å². The number of rotatable bonds is 7. The van der Waals surface area contributed by atoms with Crippen LogP contribution in [0.25, 0.3) is 10.9 Å². The van der Waals surface area contributed by atoms with Gasteiger partial charge in [-0.25, -0.2) is 0 Å². The molecule has 1 aromatic heterocycles. The lowest BCUT2D eigenvalue weighted by Gasteiger charge is -2.13. The van der Waals surface area contributed by atoms with Gasteiger partial charge < -0.3 is 20.8 Å². The first-order chi connectivity index (χ1) is 13.4. The number of hydrogen-bond acceptors (Lipinski definition) is 4. The summed E-state index contributed by atoms with van der Waals surface area (Å²) < 4.78 is 5.22. The van der Waals surface area contributed by atoms with Crippen molar-refractivity contribution in [3.63, 3.8) is 0 Å².